The van der Waals surface area contributed by atoms with E-state index in [1.807, 2.05) is 38.1 Å². The topological polar surface area (TPSA) is 64.6 Å². The lowest BCUT2D eigenvalue weighted by atomic mass is 10.2. The normalized spacial score (nSPS) is 10.2. The number of amides is 1. The number of aryl methyl sites for hydroxylation is 1. The predicted molar refractivity (Wildman–Crippen MR) is 102 cm³/mol. The van der Waals surface area contributed by atoms with Crippen LogP contribution in [0.4, 0.5) is 5.69 Å². The second-order valence-corrected chi connectivity index (χ2v) is 6.03. The standard InChI is InChI=1S/C21H25NO4/c1-3-4-14-26-21(24)17-7-9-18(10-8-17)22-20(23)13-15-25-19-11-5-16(2)6-12-19/h5-12H,3-4,13-15H2,1-2H3,(H,22,23). The maximum atomic E-state index is 12.0. The molecule has 0 aromatic heterocycles. The summed E-state index contributed by atoms with van der Waals surface area (Å²) >= 11 is 0. The van der Waals surface area contributed by atoms with Crippen molar-refractivity contribution in [1.29, 1.82) is 0 Å². The number of ether oxygens (including phenoxy) is 2. The lowest BCUT2D eigenvalue weighted by Gasteiger charge is -2.08. The van der Waals surface area contributed by atoms with E-state index < -0.39 is 0 Å². The van der Waals surface area contributed by atoms with Gasteiger partial charge in [-0.1, -0.05) is 31.0 Å². The molecule has 2 rings (SSSR count). The van der Waals surface area contributed by atoms with E-state index in [4.69, 9.17) is 9.47 Å². The highest BCUT2D eigenvalue weighted by molar-refractivity contribution is 5.93. The Morgan fingerprint density at radius 2 is 1.65 bits per heavy atom. The van der Waals surface area contributed by atoms with Crippen LogP contribution in [0.1, 0.15) is 42.1 Å². The Morgan fingerprint density at radius 1 is 0.962 bits per heavy atom. The van der Waals surface area contributed by atoms with Crippen molar-refractivity contribution in [2.24, 2.45) is 0 Å². The van der Waals surface area contributed by atoms with Crippen molar-refractivity contribution in [1.82, 2.24) is 0 Å². The van der Waals surface area contributed by atoms with Gasteiger partial charge in [0.25, 0.3) is 0 Å². The van der Waals surface area contributed by atoms with Gasteiger partial charge in [-0.15, -0.1) is 0 Å². The minimum Gasteiger partial charge on any atom is -0.493 e. The lowest BCUT2D eigenvalue weighted by Crippen LogP contribution is -2.15. The molecule has 0 heterocycles. The first-order valence-corrected chi connectivity index (χ1v) is 8.85. The Labute approximate surface area is 154 Å². The van der Waals surface area contributed by atoms with Crippen LogP contribution in [0.25, 0.3) is 0 Å². The number of carbonyl (C=O) groups excluding carboxylic acids is 2. The Balaban J connectivity index is 1.74. The summed E-state index contributed by atoms with van der Waals surface area (Å²) in [4.78, 5) is 23.8. The average Bonchev–Trinajstić information content (AvgIpc) is 2.64. The number of unbranched alkanes of at least 4 members (excludes halogenated alkanes) is 1. The van der Waals surface area contributed by atoms with Crippen molar-refractivity contribution in [2.45, 2.75) is 33.1 Å². The molecule has 0 aliphatic rings. The van der Waals surface area contributed by atoms with Gasteiger partial charge in [-0.05, 0) is 49.7 Å². The van der Waals surface area contributed by atoms with Gasteiger partial charge in [0.2, 0.25) is 5.91 Å². The molecule has 0 atom stereocenters. The summed E-state index contributed by atoms with van der Waals surface area (Å²) in [5.41, 5.74) is 2.27. The van der Waals surface area contributed by atoms with Crippen LogP contribution in [0.2, 0.25) is 0 Å². The zero-order valence-electron chi connectivity index (χ0n) is 15.3. The van der Waals surface area contributed by atoms with Crippen molar-refractivity contribution >= 4 is 17.6 Å². The van der Waals surface area contributed by atoms with Crippen LogP contribution >= 0.6 is 0 Å². The summed E-state index contributed by atoms with van der Waals surface area (Å²) in [5, 5.41) is 2.78. The van der Waals surface area contributed by atoms with Gasteiger partial charge in [-0.25, -0.2) is 4.79 Å². The molecule has 0 aliphatic carbocycles. The van der Waals surface area contributed by atoms with Crippen molar-refractivity contribution in [3.8, 4) is 5.75 Å². The third-order valence-electron chi connectivity index (χ3n) is 3.75. The second-order valence-electron chi connectivity index (χ2n) is 6.03. The molecule has 1 N–H and O–H groups in total. The van der Waals surface area contributed by atoms with E-state index >= 15 is 0 Å². The smallest absolute Gasteiger partial charge is 0.338 e. The number of hydrogen-bond donors (Lipinski definition) is 1. The van der Waals surface area contributed by atoms with Gasteiger partial charge >= 0.3 is 5.97 Å². The van der Waals surface area contributed by atoms with Crippen LogP contribution in [-0.2, 0) is 9.53 Å². The fraction of sp³-hybridized carbons (Fsp3) is 0.333. The Bertz CT molecular complexity index is 708. The maximum absolute atomic E-state index is 12.0. The second kappa shape index (κ2) is 10.2. The molecule has 0 radical (unpaired) electrons. The first kappa shape index (κ1) is 19.5. The SMILES string of the molecule is CCCCOC(=O)c1ccc(NC(=O)CCOc2ccc(C)cc2)cc1. The number of rotatable bonds is 9. The van der Waals surface area contributed by atoms with E-state index in [9.17, 15) is 9.59 Å². The molecular formula is C21H25NO4. The zero-order valence-corrected chi connectivity index (χ0v) is 15.3. The van der Waals surface area contributed by atoms with Crippen LogP contribution in [-0.4, -0.2) is 25.1 Å². The first-order valence-electron chi connectivity index (χ1n) is 8.85. The maximum Gasteiger partial charge on any atom is 0.338 e. The van der Waals surface area contributed by atoms with Gasteiger partial charge < -0.3 is 14.8 Å². The fourth-order valence-electron chi connectivity index (χ4n) is 2.20. The molecular weight excluding hydrogens is 330 g/mol. The third-order valence-corrected chi connectivity index (χ3v) is 3.75. The predicted octanol–water partition coefficient (Wildman–Crippen LogP) is 4.36. The van der Waals surface area contributed by atoms with E-state index in [0.717, 1.165) is 24.2 Å². The third kappa shape index (κ3) is 6.59. The molecule has 5 heteroatoms. The van der Waals surface area contributed by atoms with Crippen LogP contribution in [0.15, 0.2) is 48.5 Å². The number of anilines is 1. The molecule has 0 aliphatic heterocycles. The van der Waals surface area contributed by atoms with E-state index in [-0.39, 0.29) is 18.3 Å². The summed E-state index contributed by atoms with van der Waals surface area (Å²) < 4.78 is 10.7. The molecule has 26 heavy (non-hydrogen) atoms. The Hall–Kier alpha value is -2.82. The first-order chi connectivity index (χ1) is 12.6. The molecule has 138 valence electrons. The molecule has 0 spiro atoms. The summed E-state index contributed by atoms with van der Waals surface area (Å²) in [7, 11) is 0. The molecule has 0 fully saturated rings. The van der Waals surface area contributed by atoms with E-state index in [1.165, 1.54) is 0 Å². The van der Waals surface area contributed by atoms with E-state index in [2.05, 4.69) is 5.32 Å². The van der Waals surface area contributed by atoms with E-state index in [0.29, 0.717) is 24.5 Å². The molecule has 1 amide bonds. The summed E-state index contributed by atoms with van der Waals surface area (Å²) in [6.07, 6.45) is 2.07. The quantitative estimate of drug-likeness (QED) is 0.536. The largest absolute Gasteiger partial charge is 0.493 e. The molecule has 0 saturated carbocycles. The molecule has 5 nitrogen and oxygen atoms in total. The monoisotopic (exact) mass is 355 g/mol. The van der Waals surface area contributed by atoms with Gasteiger partial charge in [0.15, 0.2) is 0 Å². The van der Waals surface area contributed by atoms with Crippen LogP contribution in [0.5, 0.6) is 5.75 Å². The average molecular weight is 355 g/mol. The Kier molecular flexibility index (Phi) is 7.68. The highest BCUT2D eigenvalue weighted by Gasteiger charge is 2.08. The van der Waals surface area contributed by atoms with Crippen LogP contribution in [0, 0.1) is 6.92 Å². The molecule has 0 saturated heterocycles. The fourth-order valence-corrected chi connectivity index (χ4v) is 2.20. The van der Waals surface area contributed by atoms with Gasteiger partial charge in [-0.3, -0.25) is 4.79 Å². The van der Waals surface area contributed by atoms with E-state index in [1.54, 1.807) is 24.3 Å². The van der Waals surface area contributed by atoms with Gasteiger partial charge in [0.1, 0.15) is 5.75 Å². The van der Waals surface area contributed by atoms with Gasteiger partial charge in [-0.2, -0.15) is 0 Å². The number of carbonyl (C=O) groups is 2. The zero-order chi connectivity index (χ0) is 18.8. The van der Waals surface area contributed by atoms with Gasteiger partial charge in [0.05, 0.1) is 25.2 Å². The molecule has 0 bridgehead atoms. The molecule has 0 unspecified atom stereocenters. The summed E-state index contributed by atoms with van der Waals surface area (Å²) in [5.74, 6) is 0.257. The minimum atomic E-state index is -0.345. The van der Waals surface area contributed by atoms with Crippen molar-refractivity contribution < 1.29 is 19.1 Å². The number of hydrogen-bond acceptors (Lipinski definition) is 4. The number of nitrogens with one attached hydrogen (secondary N) is 1. The number of benzene rings is 2. The van der Waals surface area contributed by atoms with Crippen molar-refractivity contribution in [2.75, 3.05) is 18.5 Å². The van der Waals surface area contributed by atoms with Crippen molar-refractivity contribution in [3.05, 3.63) is 59.7 Å². The minimum absolute atomic E-state index is 0.143. The highest BCUT2D eigenvalue weighted by atomic mass is 16.5. The Morgan fingerprint density at radius 3 is 2.31 bits per heavy atom. The van der Waals surface area contributed by atoms with Crippen molar-refractivity contribution in [3.63, 3.8) is 0 Å². The van der Waals surface area contributed by atoms with Crippen LogP contribution < -0.4 is 10.1 Å². The number of esters is 1. The summed E-state index contributed by atoms with van der Waals surface area (Å²) in [6, 6.07) is 14.4. The van der Waals surface area contributed by atoms with Gasteiger partial charge in [0, 0.05) is 5.69 Å². The highest BCUT2D eigenvalue weighted by Crippen LogP contribution is 2.13. The van der Waals surface area contributed by atoms with Crippen LogP contribution in [0.3, 0.4) is 0 Å². The lowest BCUT2D eigenvalue weighted by molar-refractivity contribution is -0.116. The molecule has 2 aromatic carbocycles. The summed E-state index contributed by atoms with van der Waals surface area (Å²) in [6.45, 7) is 4.77. The molecule has 2 aromatic rings.